The van der Waals surface area contributed by atoms with Crippen molar-refractivity contribution in [1.29, 1.82) is 0 Å². The lowest BCUT2D eigenvalue weighted by molar-refractivity contribution is 0.0923. The van der Waals surface area contributed by atoms with Crippen LogP contribution in [0.5, 0.6) is 5.75 Å². The Morgan fingerprint density at radius 3 is 2.62 bits per heavy atom. The summed E-state index contributed by atoms with van der Waals surface area (Å²) >= 11 is 0. The fourth-order valence-corrected chi connectivity index (χ4v) is 2.59. The van der Waals surface area contributed by atoms with Gasteiger partial charge in [0.15, 0.2) is 5.76 Å². The molecule has 0 aliphatic carbocycles. The number of benzene rings is 2. The molecule has 0 saturated heterocycles. The first-order chi connectivity index (χ1) is 14.3. The van der Waals surface area contributed by atoms with Crippen molar-refractivity contribution in [1.82, 2.24) is 15.2 Å². The minimum Gasteiger partial charge on any atom is -0.486 e. The number of ether oxygens (including phenoxy) is 1. The van der Waals surface area contributed by atoms with Crippen LogP contribution in [-0.2, 0) is 6.61 Å². The molecule has 1 N–H and O–H groups in total. The molecule has 4 aromatic rings. The molecular formula is C22H18N4O3. The van der Waals surface area contributed by atoms with E-state index in [2.05, 4.69) is 15.6 Å². The third-order valence-corrected chi connectivity index (χ3v) is 4.01. The average molecular weight is 386 g/mol. The summed E-state index contributed by atoms with van der Waals surface area (Å²) in [6, 6.07) is 22.4. The molecule has 7 heteroatoms. The maximum Gasteiger partial charge on any atom is 0.307 e. The van der Waals surface area contributed by atoms with Crippen molar-refractivity contribution in [3.05, 3.63) is 102 Å². The number of furan rings is 1. The van der Waals surface area contributed by atoms with E-state index in [1.54, 1.807) is 23.0 Å². The molecule has 0 aliphatic rings. The van der Waals surface area contributed by atoms with Gasteiger partial charge in [-0.05, 0) is 36.4 Å². The van der Waals surface area contributed by atoms with Crippen molar-refractivity contribution in [3.8, 4) is 11.4 Å². The molecule has 29 heavy (non-hydrogen) atoms. The largest absolute Gasteiger partial charge is 0.486 e. The number of rotatable bonds is 7. The van der Waals surface area contributed by atoms with Crippen LogP contribution in [0.2, 0.25) is 0 Å². The zero-order valence-corrected chi connectivity index (χ0v) is 15.4. The lowest BCUT2D eigenvalue weighted by Gasteiger charge is -2.03. The van der Waals surface area contributed by atoms with Crippen LogP contribution in [0.4, 0.5) is 0 Å². The first-order valence-corrected chi connectivity index (χ1v) is 8.98. The van der Waals surface area contributed by atoms with Crippen LogP contribution in [0.25, 0.3) is 5.69 Å². The number of para-hydroxylation sites is 2. The molecule has 0 atom stereocenters. The number of nitrogens with zero attached hydrogens (tertiary/aromatic N) is 3. The number of carbonyl (C=O) groups excluding carboxylic acids is 1. The van der Waals surface area contributed by atoms with E-state index in [1.807, 2.05) is 66.9 Å². The van der Waals surface area contributed by atoms with Gasteiger partial charge in [0, 0.05) is 11.8 Å². The van der Waals surface area contributed by atoms with Gasteiger partial charge in [-0.3, -0.25) is 4.79 Å². The van der Waals surface area contributed by atoms with Crippen molar-refractivity contribution in [3.63, 3.8) is 0 Å². The first kappa shape index (κ1) is 18.2. The van der Waals surface area contributed by atoms with Gasteiger partial charge in [-0.15, -0.1) is 0 Å². The standard InChI is InChI=1S/C22H18N4O3/c27-22(21-12-11-20(29-21)16-28-19-9-5-2-6-10-19)25-23-13-17-14-24-26(15-17)18-7-3-1-4-8-18/h1-15H,16H2,(H,25,27)/b23-13-. The Hall–Kier alpha value is -4.13. The number of carbonyl (C=O) groups is 1. The summed E-state index contributed by atoms with van der Waals surface area (Å²) in [5.74, 6) is 0.999. The summed E-state index contributed by atoms with van der Waals surface area (Å²) in [4.78, 5) is 12.2. The number of hydrazone groups is 1. The molecule has 0 aliphatic heterocycles. The third kappa shape index (κ3) is 4.78. The Balaban J connectivity index is 1.31. The van der Waals surface area contributed by atoms with Gasteiger partial charge in [-0.1, -0.05) is 36.4 Å². The number of hydrogen-bond donors (Lipinski definition) is 1. The Morgan fingerprint density at radius 1 is 1.07 bits per heavy atom. The summed E-state index contributed by atoms with van der Waals surface area (Å²) in [6.45, 7) is 0.235. The number of hydrogen-bond acceptors (Lipinski definition) is 5. The van der Waals surface area contributed by atoms with Gasteiger partial charge in [-0.2, -0.15) is 10.2 Å². The van der Waals surface area contributed by atoms with Crippen LogP contribution in [0.1, 0.15) is 21.9 Å². The second-order valence-electron chi connectivity index (χ2n) is 6.12. The van der Waals surface area contributed by atoms with Gasteiger partial charge in [-0.25, -0.2) is 10.1 Å². The SMILES string of the molecule is O=C(N/N=C\c1cnn(-c2ccccc2)c1)c1ccc(COc2ccccc2)o1. The summed E-state index contributed by atoms with van der Waals surface area (Å²) < 4.78 is 12.8. The monoisotopic (exact) mass is 386 g/mol. The predicted molar refractivity (Wildman–Crippen MR) is 108 cm³/mol. The van der Waals surface area contributed by atoms with Gasteiger partial charge in [0.25, 0.3) is 0 Å². The molecule has 0 spiro atoms. The fraction of sp³-hybridized carbons (Fsp3) is 0.0455. The molecule has 0 fully saturated rings. The number of nitrogens with one attached hydrogen (secondary N) is 1. The molecule has 0 bridgehead atoms. The lowest BCUT2D eigenvalue weighted by atomic mass is 10.3. The van der Waals surface area contributed by atoms with E-state index in [4.69, 9.17) is 9.15 Å². The van der Waals surface area contributed by atoms with Crippen molar-refractivity contribution in [2.24, 2.45) is 5.10 Å². The van der Waals surface area contributed by atoms with Crippen molar-refractivity contribution >= 4 is 12.1 Å². The third-order valence-electron chi connectivity index (χ3n) is 4.01. The highest BCUT2D eigenvalue weighted by molar-refractivity contribution is 5.92. The number of aromatic nitrogens is 2. The summed E-state index contributed by atoms with van der Waals surface area (Å²) in [5.41, 5.74) is 4.14. The van der Waals surface area contributed by atoms with Crippen molar-refractivity contribution in [2.75, 3.05) is 0 Å². The van der Waals surface area contributed by atoms with Gasteiger partial charge < -0.3 is 9.15 Å². The Kier molecular flexibility index (Phi) is 5.48. The normalized spacial score (nSPS) is 10.9. The molecule has 2 aromatic carbocycles. The highest BCUT2D eigenvalue weighted by atomic mass is 16.5. The number of amides is 1. The molecular weight excluding hydrogens is 368 g/mol. The zero-order chi connectivity index (χ0) is 19.9. The summed E-state index contributed by atoms with van der Waals surface area (Å²) in [5, 5.41) is 8.23. The van der Waals surface area contributed by atoms with Gasteiger partial charge >= 0.3 is 5.91 Å². The van der Waals surface area contributed by atoms with E-state index in [0.717, 1.165) is 17.0 Å². The molecule has 4 rings (SSSR count). The van der Waals surface area contributed by atoms with Crippen molar-refractivity contribution in [2.45, 2.75) is 6.61 Å². The Bertz CT molecular complexity index is 1100. The summed E-state index contributed by atoms with van der Waals surface area (Å²) in [7, 11) is 0. The molecule has 0 radical (unpaired) electrons. The van der Waals surface area contributed by atoms with Crippen LogP contribution in [0.15, 0.2) is 94.7 Å². The molecule has 0 unspecified atom stereocenters. The topological polar surface area (TPSA) is 81.7 Å². The van der Waals surface area contributed by atoms with Gasteiger partial charge in [0.1, 0.15) is 18.1 Å². The molecule has 7 nitrogen and oxygen atoms in total. The van der Waals surface area contributed by atoms with Crippen LogP contribution in [0.3, 0.4) is 0 Å². The van der Waals surface area contributed by atoms with Crippen LogP contribution in [0, 0.1) is 0 Å². The van der Waals surface area contributed by atoms with E-state index in [-0.39, 0.29) is 12.4 Å². The maximum atomic E-state index is 12.2. The second-order valence-corrected chi connectivity index (χ2v) is 6.12. The Morgan fingerprint density at radius 2 is 1.83 bits per heavy atom. The molecule has 2 aromatic heterocycles. The maximum absolute atomic E-state index is 12.2. The quantitative estimate of drug-likeness (QED) is 0.387. The van der Waals surface area contributed by atoms with E-state index < -0.39 is 5.91 Å². The molecule has 2 heterocycles. The van der Waals surface area contributed by atoms with Gasteiger partial charge in [0.05, 0.1) is 18.1 Å². The molecule has 144 valence electrons. The van der Waals surface area contributed by atoms with Crippen molar-refractivity contribution < 1.29 is 13.9 Å². The fourth-order valence-electron chi connectivity index (χ4n) is 2.59. The van der Waals surface area contributed by atoms with E-state index in [1.165, 1.54) is 6.21 Å². The van der Waals surface area contributed by atoms with E-state index in [9.17, 15) is 4.79 Å². The minimum absolute atomic E-state index is 0.161. The Labute approximate surface area is 167 Å². The highest BCUT2D eigenvalue weighted by Crippen LogP contribution is 2.14. The molecule has 1 amide bonds. The average Bonchev–Trinajstić information content (AvgIpc) is 3.44. The predicted octanol–water partition coefficient (Wildman–Crippen LogP) is 3.81. The first-order valence-electron chi connectivity index (χ1n) is 8.98. The minimum atomic E-state index is -0.442. The van der Waals surface area contributed by atoms with Crippen LogP contribution >= 0.6 is 0 Å². The smallest absolute Gasteiger partial charge is 0.307 e. The lowest BCUT2D eigenvalue weighted by Crippen LogP contribution is -2.16. The highest BCUT2D eigenvalue weighted by Gasteiger charge is 2.11. The van der Waals surface area contributed by atoms with Gasteiger partial charge in [0.2, 0.25) is 0 Å². The van der Waals surface area contributed by atoms with E-state index >= 15 is 0 Å². The van der Waals surface area contributed by atoms with Crippen LogP contribution in [-0.4, -0.2) is 21.9 Å². The second kappa shape index (κ2) is 8.71. The summed E-state index contributed by atoms with van der Waals surface area (Å²) in [6.07, 6.45) is 5.00. The zero-order valence-electron chi connectivity index (χ0n) is 15.4. The van der Waals surface area contributed by atoms with Crippen LogP contribution < -0.4 is 10.2 Å². The molecule has 0 saturated carbocycles. The van der Waals surface area contributed by atoms with E-state index in [0.29, 0.717) is 5.76 Å².